The Labute approximate surface area is 179 Å². The highest BCUT2D eigenvalue weighted by atomic mass is 32.2. The number of thioether (sulfide) groups is 1. The minimum absolute atomic E-state index is 0.0459. The quantitative estimate of drug-likeness (QED) is 0.451. The van der Waals surface area contributed by atoms with Crippen LogP contribution in [-0.4, -0.2) is 23.3 Å². The second-order valence-electron chi connectivity index (χ2n) is 6.34. The number of rotatable bonds is 10. The molecular weight excluding hydrogens is 403 g/mol. The average Bonchev–Trinajstić information content (AvgIpc) is 2.76. The first-order chi connectivity index (χ1) is 14.6. The van der Waals surface area contributed by atoms with Gasteiger partial charge in [-0.15, -0.1) is 11.8 Å². The Balaban J connectivity index is 1.44. The fraction of sp³-hybridized carbons (Fsp3) is 0.217. The van der Waals surface area contributed by atoms with E-state index in [0.717, 1.165) is 16.2 Å². The number of hydrogen-bond acceptors (Lipinski definition) is 5. The molecule has 0 bridgehead atoms. The number of benzene rings is 2. The van der Waals surface area contributed by atoms with E-state index in [1.54, 1.807) is 24.4 Å². The zero-order chi connectivity index (χ0) is 21.2. The number of hydrogen-bond donors (Lipinski definition) is 1. The van der Waals surface area contributed by atoms with E-state index < -0.39 is 0 Å². The Morgan fingerprint density at radius 3 is 2.53 bits per heavy atom. The van der Waals surface area contributed by atoms with Gasteiger partial charge in [-0.1, -0.05) is 0 Å². The molecule has 1 heterocycles. The summed E-state index contributed by atoms with van der Waals surface area (Å²) in [5.74, 6) is 2.21. The van der Waals surface area contributed by atoms with Crippen molar-refractivity contribution in [3.8, 4) is 17.4 Å². The molecule has 2 aromatic carbocycles. The van der Waals surface area contributed by atoms with Crippen molar-refractivity contribution in [2.45, 2.75) is 24.8 Å². The summed E-state index contributed by atoms with van der Waals surface area (Å²) < 4.78 is 24.1. The third kappa shape index (κ3) is 7.08. The van der Waals surface area contributed by atoms with Gasteiger partial charge in [0.05, 0.1) is 6.61 Å². The first kappa shape index (κ1) is 21.6. The first-order valence-electron chi connectivity index (χ1n) is 9.63. The highest BCUT2D eigenvalue weighted by Gasteiger charge is 2.05. The molecule has 0 atom stereocenters. The van der Waals surface area contributed by atoms with E-state index in [-0.39, 0.29) is 11.7 Å². The third-order valence-electron chi connectivity index (χ3n) is 4.06. The zero-order valence-electron chi connectivity index (χ0n) is 16.6. The second-order valence-corrected chi connectivity index (χ2v) is 7.51. The van der Waals surface area contributed by atoms with Crippen LogP contribution in [0.25, 0.3) is 0 Å². The monoisotopic (exact) mass is 426 g/mol. The average molecular weight is 427 g/mol. The molecule has 0 radical (unpaired) electrons. The zero-order valence-corrected chi connectivity index (χ0v) is 17.5. The molecule has 0 saturated carbocycles. The molecule has 3 aromatic rings. The largest absolute Gasteiger partial charge is 0.494 e. The minimum atomic E-state index is -0.264. The number of halogens is 1. The van der Waals surface area contributed by atoms with Crippen molar-refractivity contribution in [1.29, 1.82) is 0 Å². The van der Waals surface area contributed by atoms with E-state index in [1.807, 2.05) is 37.3 Å². The Bertz CT molecular complexity index is 949. The van der Waals surface area contributed by atoms with E-state index >= 15 is 0 Å². The van der Waals surface area contributed by atoms with Crippen LogP contribution in [0.15, 0.2) is 71.8 Å². The van der Waals surface area contributed by atoms with Gasteiger partial charge >= 0.3 is 0 Å². The second kappa shape index (κ2) is 11.2. The van der Waals surface area contributed by atoms with Gasteiger partial charge in [0.2, 0.25) is 11.8 Å². The van der Waals surface area contributed by atoms with Crippen molar-refractivity contribution in [2.75, 3.05) is 12.4 Å². The predicted octanol–water partition coefficient (Wildman–Crippen LogP) is 5.21. The maximum absolute atomic E-state index is 12.9. The van der Waals surface area contributed by atoms with Gasteiger partial charge in [0, 0.05) is 35.9 Å². The van der Waals surface area contributed by atoms with Crippen molar-refractivity contribution in [2.24, 2.45) is 0 Å². The van der Waals surface area contributed by atoms with Gasteiger partial charge in [0.1, 0.15) is 17.3 Å². The normalized spacial score (nSPS) is 10.5. The van der Waals surface area contributed by atoms with Crippen molar-refractivity contribution in [3.05, 3.63) is 78.2 Å². The maximum atomic E-state index is 12.9. The van der Waals surface area contributed by atoms with Crippen molar-refractivity contribution in [3.63, 3.8) is 0 Å². The van der Waals surface area contributed by atoms with Crippen LogP contribution in [0.2, 0.25) is 0 Å². The molecule has 1 N–H and O–H groups in total. The lowest BCUT2D eigenvalue weighted by Crippen LogP contribution is -2.23. The van der Waals surface area contributed by atoms with Crippen LogP contribution >= 0.6 is 11.8 Å². The van der Waals surface area contributed by atoms with Gasteiger partial charge in [-0.3, -0.25) is 4.79 Å². The number of ether oxygens (including phenoxy) is 2. The number of carbonyl (C=O) groups excluding carboxylic acids is 1. The lowest BCUT2D eigenvalue weighted by Gasteiger charge is -2.09. The number of pyridine rings is 1. The van der Waals surface area contributed by atoms with Crippen LogP contribution in [-0.2, 0) is 11.3 Å². The summed E-state index contributed by atoms with van der Waals surface area (Å²) in [5, 5.41) is 2.89. The number of carbonyl (C=O) groups is 1. The van der Waals surface area contributed by atoms with Crippen LogP contribution in [0.3, 0.4) is 0 Å². The number of nitrogens with one attached hydrogen (secondary N) is 1. The summed E-state index contributed by atoms with van der Waals surface area (Å²) in [6.07, 6.45) is 2.03. The van der Waals surface area contributed by atoms with Crippen LogP contribution in [0.1, 0.15) is 18.9 Å². The van der Waals surface area contributed by atoms with Crippen molar-refractivity contribution < 1.29 is 18.7 Å². The number of aromatic nitrogens is 1. The number of nitrogens with zero attached hydrogens (tertiary/aromatic N) is 1. The summed E-state index contributed by atoms with van der Waals surface area (Å²) in [6, 6.07) is 17.2. The van der Waals surface area contributed by atoms with E-state index in [9.17, 15) is 9.18 Å². The van der Waals surface area contributed by atoms with Gasteiger partial charge in [-0.2, -0.15) is 0 Å². The molecule has 30 heavy (non-hydrogen) atoms. The van der Waals surface area contributed by atoms with Crippen molar-refractivity contribution in [1.82, 2.24) is 10.3 Å². The van der Waals surface area contributed by atoms with Gasteiger partial charge in [0.15, 0.2) is 0 Å². The molecule has 0 unspecified atom stereocenters. The van der Waals surface area contributed by atoms with E-state index in [4.69, 9.17) is 9.47 Å². The summed E-state index contributed by atoms with van der Waals surface area (Å²) in [5.41, 5.74) is 0.894. The Hall–Kier alpha value is -3.06. The molecule has 0 aliphatic rings. The fourth-order valence-electron chi connectivity index (χ4n) is 2.59. The Kier molecular flexibility index (Phi) is 8.09. The van der Waals surface area contributed by atoms with Crippen molar-refractivity contribution >= 4 is 17.7 Å². The van der Waals surface area contributed by atoms with E-state index in [2.05, 4.69) is 10.3 Å². The van der Waals surface area contributed by atoms with Gasteiger partial charge < -0.3 is 14.8 Å². The summed E-state index contributed by atoms with van der Waals surface area (Å²) >= 11 is 1.52. The highest BCUT2D eigenvalue weighted by Crippen LogP contribution is 2.23. The van der Waals surface area contributed by atoms with Crippen LogP contribution in [0, 0.1) is 5.82 Å². The first-order valence-corrected chi connectivity index (χ1v) is 10.6. The van der Waals surface area contributed by atoms with Gasteiger partial charge in [-0.05, 0) is 67.1 Å². The third-order valence-corrected chi connectivity index (χ3v) is 5.07. The van der Waals surface area contributed by atoms with Crippen LogP contribution in [0.4, 0.5) is 4.39 Å². The van der Waals surface area contributed by atoms with E-state index in [1.165, 1.54) is 23.9 Å². The molecule has 3 rings (SSSR count). The smallest absolute Gasteiger partial charge is 0.221 e. The molecule has 7 heteroatoms. The standard InChI is InChI=1S/C23H23FN2O3S/c1-2-28-19-5-7-20(8-6-19)29-23-15-17(11-13-25-23)16-26-22(27)12-14-30-21-9-3-18(24)4-10-21/h3-11,13,15H,2,12,14,16H2,1H3,(H,26,27). The summed E-state index contributed by atoms with van der Waals surface area (Å²) in [7, 11) is 0. The lowest BCUT2D eigenvalue weighted by atomic mass is 10.2. The molecule has 0 aliphatic carbocycles. The fourth-order valence-corrected chi connectivity index (χ4v) is 3.44. The Morgan fingerprint density at radius 2 is 1.80 bits per heavy atom. The molecule has 0 spiro atoms. The molecule has 0 saturated heterocycles. The predicted molar refractivity (Wildman–Crippen MR) is 116 cm³/mol. The van der Waals surface area contributed by atoms with Gasteiger partial charge in [-0.25, -0.2) is 9.37 Å². The lowest BCUT2D eigenvalue weighted by molar-refractivity contribution is -0.120. The minimum Gasteiger partial charge on any atom is -0.494 e. The van der Waals surface area contributed by atoms with Crippen LogP contribution < -0.4 is 14.8 Å². The van der Waals surface area contributed by atoms with E-state index in [0.29, 0.717) is 37.0 Å². The molecule has 156 valence electrons. The molecule has 1 aromatic heterocycles. The molecule has 0 fully saturated rings. The molecule has 1 amide bonds. The molecular formula is C23H23FN2O3S. The Morgan fingerprint density at radius 1 is 1.07 bits per heavy atom. The molecule has 5 nitrogen and oxygen atoms in total. The summed E-state index contributed by atoms with van der Waals surface area (Å²) in [4.78, 5) is 17.2. The summed E-state index contributed by atoms with van der Waals surface area (Å²) in [6.45, 7) is 2.94. The maximum Gasteiger partial charge on any atom is 0.221 e. The van der Waals surface area contributed by atoms with Crippen LogP contribution in [0.5, 0.6) is 17.4 Å². The SMILES string of the molecule is CCOc1ccc(Oc2cc(CNC(=O)CCSc3ccc(F)cc3)ccn2)cc1. The highest BCUT2D eigenvalue weighted by molar-refractivity contribution is 7.99. The van der Waals surface area contributed by atoms with Gasteiger partial charge in [0.25, 0.3) is 0 Å². The number of amides is 1. The topological polar surface area (TPSA) is 60.5 Å². The molecule has 0 aliphatic heterocycles.